The molecule has 1 saturated heterocycles. The van der Waals surface area contributed by atoms with E-state index in [1.54, 1.807) is 12.1 Å². The first-order chi connectivity index (χ1) is 8.70. The van der Waals surface area contributed by atoms with Crippen molar-refractivity contribution in [1.29, 1.82) is 0 Å². The SMILES string of the molecule is COC(=O)c1ccc(N2CCNCC(O)C2)cc1. The third kappa shape index (κ3) is 3.00. The molecule has 0 saturated carbocycles. The summed E-state index contributed by atoms with van der Waals surface area (Å²) in [5.41, 5.74) is 1.54. The molecule has 1 aromatic carbocycles. The van der Waals surface area contributed by atoms with E-state index < -0.39 is 0 Å². The Morgan fingerprint density at radius 2 is 2.17 bits per heavy atom. The Morgan fingerprint density at radius 1 is 1.44 bits per heavy atom. The minimum Gasteiger partial charge on any atom is -0.465 e. The number of carbonyl (C=O) groups is 1. The molecule has 0 spiro atoms. The van der Waals surface area contributed by atoms with Gasteiger partial charge in [0, 0.05) is 31.9 Å². The molecule has 1 unspecified atom stereocenters. The lowest BCUT2D eigenvalue weighted by Gasteiger charge is -2.24. The molecule has 0 aromatic heterocycles. The van der Waals surface area contributed by atoms with Crippen molar-refractivity contribution >= 4 is 11.7 Å². The van der Waals surface area contributed by atoms with Crippen molar-refractivity contribution in [2.75, 3.05) is 38.2 Å². The van der Waals surface area contributed by atoms with Crippen LogP contribution in [0.2, 0.25) is 0 Å². The monoisotopic (exact) mass is 250 g/mol. The molecule has 98 valence electrons. The maximum Gasteiger partial charge on any atom is 0.337 e. The molecular formula is C13H18N2O3. The van der Waals surface area contributed by atoms with Crippen LogP contribution in [-0.2, 0) is 4.74 Å². The summed E-state index contributed by atoms with van der Waals surface area (Å²) in [4.78, 5) is 13.4. The Kier molecular flexibility index (Phi) is 4.17. The van der Waals surface area contributed by atoms with E-state index in [0.29, 0.717) is 18.7 Å². The van der Waals surface area contributed by atoms with E-state index in [9.17, 15) is 9.90 Å². The van der Waals surface area contributed by atoms with Gasteiger partial charge in [0.2, 0.25) is 0 Å². The molecule has 1 fully saturated rings. The van der Waals surface area contributed by atoms with Gasteiger partial charge in [-0.1, -0.05) is 0 Å². The van der Waals surface area contributed by atoms with Gasteiger partial charge in [0.05, 0.1) is 18.8 Å². The van der Waals surface area contributed by atoms with Crippen LogP contribution in [0.25, 0.3) is 0 Å². The van der Waals surface area contributed by atoms with Crippen LogP contribution in [0.5, 0.6) is 0 Å². The maximum atomic E-state index is 11.3. The van der Waals surface area contributed by atoms with Crippen molar-refractivity contribution in [1.82, 2.24) is 5.32 Å². The third-order valence-electron chi connectivity index (χ3n) is 3.02. The minimum atomic E-state index is -0.368. The third-order valence-corrected chi connectivity index (χ3v) is 3.02. The first-order valence-electron chi connectivity index (χ1n) is 6.03. The van der Waals surface area contributed by atoms with Crippen molar-refractivity contribution < 1.29 is 14.6 Å². The number of esters is 1. The highest BCUT2D eigenvalue weighted by atomic mass is 16.5. The van der Waals surface area contributed by atoms with Crippen molar-refractivity contribution in [2.24, 2.45) is 0 Å². The van der Waals surface area contributed by atoms with Crippen LogP contribution in [0.3, 0.4) is 0 Å². The van der Waals surface area contributed by atoms with Gasteiger partial charge in [-0.15, -0.1) is 0 Å². The molecule has 1 heterocycles. The number of carbonyl (C=O) groups excluding carboxylic acids is 1. The number of aliphatic hydroxyl groups is 1. The van der Waals surface area contributed by atoms with Crippen molar-refractivity contribution in [3.05, 3.63) is 29.8 Å². The van der Waals surface area contributed by atoms with Crippen LogP contribution in [0.1, 0.15) is 10.4 Å². The number of β-amino-alcohol motifs (C(OH)–C–C–N with tert-alkyl or cyclic N) is 1. The van der Waals surface area contributed by atoms with E-state index in [4.69, 9.17) is 0 Å². The second-order valence-electron chi connectivity index (χ2n) is 4.34. The maximum absolute atomic E-state index is 11.3. The lowest BCUT2D eigenvalue weighted by Crippen LogP contribution is -2.32. The number of nitrogens with one attached hydrogen (secondary N) is 1. The molecule has 0 radical (unpaired) electrons. The molecular weight excluding hydrogens is 232 g/mol. The molecule has 2 rings (SSSR count). The summed E-state index contributed by atoms with van der Waals surface area (Å²) in [6, 6.07) is 7.24. The largest absolute Gasteiger partial charge is 0.465 e. The second-order valence-corrected chi connectivity index (χ2v) is 4.34. The summed E-state index contributed by atoms with van der Waals surface area (Å²) in [5, 5.41) is 12.9. The van der Waals surface area contributed by atoms with Gasteiger partial charge in [0.15, 0.2) is 0 Å². The molecule has 1 atom stereocenters. The minimum absolute atomic E-state index is 0.334. The summed E-state index contributed by atoms with van der Waals surface area (Å²) in [6.45, 7) is 2.91. The molecule has 0 amide bonds. The van der Waals surface area contributed by atoms with E-state index in [0.717, 1.165) is 18.8 Å². The van der Waals surface area contributed by atoms with E-state index in [2.05, 4.69) is 15.0 Å². The Bertz CT molecular complexity index is 405. The zero-order valence-electron chi connectivity index (χ0n) is 10.4. The average Bonchev–Trinajstić information content (AvgIpc) is 2.63. The fourth-order valence-corrected chi connectivity index (χ4v) is 2.05. The van der Waals surface area contributed by atoms with E-state index in [-0.39, 0.29) is 12.1 Å². The zero-order valence-corrected chi connectivity index (χ0v) is 10.4. The molecule has 0 aliphatic carbocycles. The average molecular weight is 250 g/mol. The van der Waals surface area contributed by atoms with Crippen molar-refractivity contribution in [2.45, 2.75) is 6.10 Å². The fraction of sp³-hybridized carbons (Fsp3) is 0.462. The van der Waals surface area contributed by atoms with Crippen LogP contribution in [0.15, 0.2) is 24.3 Å². The summed E-state index contributed by atoms with van der Waals surface area (Å²) >= 11 is 0. The van der Waals surface area contributed by atoms with Crippen molar-refractivity contribution in [3.8, 4) is 0 Å². The van der Waals surface area contributed by atoms with Crippen molar-refractivity contribution in [3.63, 3.8) is 0 Å². The predicted molar refractivity (Wildman–Crippen MR) is 68.9 cm³/mol. The number of benzene rings is 1. The lowest BCUT2D eigenvalue weighted by atomic mass is 10.2. The standard InChI is InChI=1S/C13H18N2O3/c1-18-13(17)10-2-4-11(5-3-10)15-7-6-14-8-12(16)9-15/h2-5,12,14,16H,6-9H2,1H3. The number of anilines is 1. The summed E-state index contributed by atoms with van der Waals surface area (Å²) in [7, 11) is 1.37. The quantitative estimate of drug-likeness (QED) is 0.736. The number of rotatable bonds is 2. The van der Waals surface area contributed by atoms with Gasteiger partial charge in [-0.05, 0) is 24.3 Å². The van der Waals surface area contributed by atoms with Gasteiger partial charge in [0.1, 0.15) is 0 Å². The number of hydrogen-bond acceptors (Lipinski definition) is 5. The number of ether oxygens (including phenoxy) is 1. The summed E-state index contributed by atoms with van der Waals surface area (Å²) in [5.74, 6) is -0.334. The Morgan fingerprint density at radius 3 is 2.83 bits per heavy atom. The predicted octanol–water partition coefficient (Wildman–Crippen LogP) is 0.244. The molecule has 5 heteroatoms. The molecule has 2 N–H and O–H groups in total. The summed E-state index contributed by atoms with van der Waals surface area (Å²) < 4.78 is 4.66. The Balaban J connectivity index is 2.10. The van der Waals surface area contributed by atoms with Gasteiger partial charge in [-0.25, -0.2) is 4.79 Å². The molecule has 1 aromatic rings. The molecule has 1 aliphatic heterocycles. The highest BCUT2D eigenvalue weighted by Gasteiger charge is 2.16. The lowest BCUT2D eigenvalue weighted by molar-refractivity contribution is 0.0600. The van der Waals surface area contributed by atoms with E-state index in [1.165, 1.54) is 7.11 Å². The van der Waals surface area contributed by atoms with E-state index in [1.807, 2.05) is 12.1 Å². The second kappa shape index (κ2) is 5.84. The molecule has 5 nitrogen and oxygen atoms in total. The topological polar surface area (TPSA) is 61.8 Å². The smallest absolute Gasteiger partial charge is 0.337 e. The Labute approximate surface area is 106 Å². The molecule has 1 aliphatic rings. The summed E-state index contributed by atoms with van der Waals surface area (Å²) in [6.07, 6.45) is -0.368. The number of aliphatic hydroxyl groups excluding tert-OH is 1. The van der Waals surface area contributed by atoms with Gasteiger partial charge in [-0.2, -0.15) is 0 Å². The fourth-order valence-electron chi connectivity index (χ4n) is 2.05. The normalized spacial score (nSPS) is 20.3. The van der Waals surface area contributed by atoms with Crippen LogP contribution in [0, 0.1) is 0 Å². The van der Waals surface area contributed by atoms with Crippen LogP contribution >= 0.6 is 0 Å². The zero-order chi connectivity index (χ0) is 13.0. The van der Waals surface area contributed by atoms with Gasteiger partial charge >= 0.3 is 5.97 Å². The number of nitrogens with zero attached hydrogens (tertiary/aromatic N) is 1. The van der Waals surface area contributed by atoms with Gasteiger partial charge in [0.25, 0.3) is 0 Å². The highest BCUT2D eigenvalue weighted by molar-refractivity contribution is 5.89. The highest BCUT2D eigenvalue weighted by Crippen LogP contribution is 2.16. The number of hydrogen-bond donors (Lipinski definition) is 2. The Hall–Kier alpha value is -1.59. The van der Waals surface area contributed by atoms with E-state index >= 15 is 0 Å². The van der Waals surface area contributed by atoms with Crippen LogP contribution in [-0.4, -0.2) is 50.5 Å². The van der Waals surface area contributed by atoms with Crippen LogP contribution in [0.4, 0.5) is 5.69 Å². The molecule has 0 bridgehead atoms. The van der Waals surface area contributed by atoms with Gasteiger partial charge in [-0.3, -0.25) is 0 Å². The first kappa shape index (κ1) is 12.9. The first-order valence-corrected chi connectivity index (χ1v) is 6.03. The molecule has 18 heavy (non-hydrogen) atoms. The van der Waals surface area contributed by atoms with Gasteiger partial charge < -0.3 is 20.1 Å². The van der Waals surface area contributed by atoms with Crippen LogP contribution < -0.4 is 10.2 Å². The number of methoxy groups -OCH3 is 1.